The van der Waals surface area contributed by atoms with Gasteiger partial charge in [-0.1, -0.05) is 120 Å². The fourth-order valence-electron chi connectivity index (χ4n) is 4.36. The van der Waals surface area contributed by atoms with Crippen LogP contribution in [0.15, 0.2) is 109 Å². The van der Waals surface area contributed by atoms with Crippen molar-refractivity contribution in [2.75, 3.05) is 0 Å². The normalized spacial score (nSPS) is 11.3. The van der Waals surface area contributed by atoms with Crippen molar-refractivity contribution in [2.45, 2.75) is 25.8 Å². The van der Waals surface area contributed by atoms with E-state index in [0.717, 1.165) is 12.0 Å². The average molecular weight is 503 g/mol. The molecule has 178 valence electrons. The van der Waals surface area contributed by atoms with Gasteiger partial charge in [0.1, 0.15) is 0 Å². The zero-order chi connectivity index (χ0) is 24.5. The first-order chi connectivity index (χ1) is 17.1. The van der Waals surface area contributed by atoms with Crippen molar-refractivity contribution in [1.29, 1.82) is 0 Å². The number of hydrogen-bond acceptors (Lipinski definition) is 3. The second-order valence-corrected chi connectivity index (χ2v) is 9.34. The van der Waals surface area contributed by atoms with Crippen LogP contribution in [-0.2, 0) is 22.4 Å². The molecule has 0 unspecified atom stereocenters. The van der Waals surface area contributed by atoms with E-state index < -0.39 is 6.48 Å². The van der Waals surface area contributed by atoms with Crippen molar-refractivity contribution in [1.82, 2.24) is 5.23 Å². The second-order valence-electron chi connectivity index (χ2n) is 8.53. The third kappa shape index (κ3) is 6.34. The summed E-state index contributed by atoms with van der Waals surface area (Å²) in [5.74, 6) is -0.304. The van der Waals surface area contributed by atoms with Gasteiger partial charge < -0.3 is 9.88 Å². The molecule has 0 saturated heterocycles. The molecule has 0 radical (unpaired) electrons. The molecular weight excluding hydrogens is 476 g/mol. The highest BCUT2D eigenvalue weighted by Gasteiger charge is 2.36. The molecule has 0 aliphatic heterocycles. The summed E-state index contributed by atoms with van der Waals surface area (Å²) in [5.41, 5.74) is 3.62. The van der Waals surface area contributed by atoms with Crippen molar-refractivity contribution in [3.05, 3.63) is 130 Å². The van der Waals surface area contributed by atoms with E-state index in [-0.39, 0.29) is 12.4 Å². The second kappa shape index (κ2) is 12.1. The summed E-state index contributed by atoms with van der Waals surface area (Å²) >= 11 is 13.4. The minimum atomic E-state index is -2.27. The Morgan fingerprint density at radius 3 is 1.71 bits per heavy atom. The van der Waals surface area contributed by atoms with Gasteiger partial charge in [-0.15, -0.1) is 10.9 Å². The number of nitrogens with one attached hydrogen (secondary N) is 1. The molecule has 1 N–H and O–H groups in total. The summed E-state index contributed by atoms with van der Waals surface area (Å²) in [4.78, 5) is 13.3. The molecule has 4 aromatic carbocycles. The van der Waals surface area contributed by atoms with Crippen LogP contribution in [0, 0.1) is 0 Å². The van der Waals surface area contributed by atoms with Crippen molar-refractivity contribution >= 4 is 46.6 Å². The monoisotopic (exact) mass is 502 g/mol. The highest BCUT2D eigenvalue weighted by Crippen LogP contribution is 2.19. The Balaban J connectivity index is 1.68. The van der Waals surface area contributed by atoms with Gasteiger partial charge in [0.05, 0.1) is 0 Å². The molecular formula is C29H27BCl2NO2-. The average Bonchev–Trinajstić information content (AvgIpc) is 2.89. The molecule has 0 aliphatic rings. The molecule has 0 heterocycles. The number of benzene rings is 4. The number of aryl methyl sites for hydroxylation is 1. The third-order valence-corrected chi connectivity index (χ3v) is 6.81. The van der Waals surface area contributed by atoms with Crippen LogP contribution >= 0.6 is 23.2 Å². The molecule has 0 aromatic heterocycles. The van der Waals surface area contributed by atoms with E-state index in [1.165, 1.54) is 5.56 Å². The summed E-state index contributed by atoms with van der Waals surface area (Å²) < 4.78 is 6.38. The molecule has 4 rings (SSSR count). The van der Waals surface area contributed by atoms with Crippen LogP contribution < -0.4 is 16.2 Å². The van der Waals surface area contributed by atoms with Crippen LogP contribution in [0.25, 0.3) is 0 Å². The maximum Gasteiger partial charge on any atom is 0.296 e. The lowest BCUT2D eigenvalue weighted by molar-refractivity contribution is -0.135. The Labute approximate surface area is 217 Å². The van der Waals surface area contributed by atoms with E-state index in [1.807, 2.05) is 84.9 Å². The summed E-state index contributed by atoms with van der Waals surface area (Å²) in [6, 6.07) is 35.0. The van der Waals surface area contributed by atoms with E-state index in [9.17, 15) is 4.79 Å². The molecule has 0 atom stereocenters. The Hall–Kier alpha value is -3.05. The number of hydrogen-bond donors (Lipinski definition) is 1. The van der Waals surface area contributed by atoms with E-state index in [2.05, 4.69) is 17.4 Å². The molecule has 35 heavy (non-hydrogen) atoms. The zero-order valence-corrected chi connectivity index (χ0v) is 20.9. The lowest BCUT2D eigenvalue weighted by Gasteiger charge is -2.44. The van der Waals surface area contributed by atoms with Gasteiger partial charge in [-0.2, -0.15) is 0 Å². The standard InChI is InChI=1S/C29H27BCl2NO2/c31-27-19-9-7-17-25(27)30(26-18-8-10-20-28(26)32,33-22-24-14-5-2-6-15-24)35-29(34)21-11-16-23-12-3-1-4-13-23/h1-10,12-15,17-20,33H,11,16,21-22H2/q-1. The van der Waals surface area contributed by atoms with E-state index in [1.54, 1.807) is 12.1 Å². The summed E-state index contributed by atoms with van der Waals surface area (Å²) in [6.45, 7) is -1.80. The molecule has 0 fully saturated rings. The molecule has 6 heteroatoms. The van der Waals surface area contributed by atoms with Gasteiger partial charge in [0.25, 0.3) is 12.5 Å². The minimum Gasteiger partial charge on any atom is -0.668 e. The van der Waals surface area contributed by atoms with E-state index in [4.69, 9.17) is 27.9 Å². The van der Waals surface area contributed by atoms with Gasteiger partial charge in [0.2, 0.25) is 0 Å². The number of halogens is 2. The van der Waals surface area contributed by atoms with Crippen molar-refractivity contribution in [2.24, 2.45) is 0 Å². The quantitative estimate of drug-likeness (QED) is 0.274. The Morgan fingerprint density at radius 1 is 0.686 bits per heavy atom. The highest BCUT2D eigenvalue weighted by molar-refractivity contribution is 6.98. The van der Waals surface area contributed by atoms with Crippen LogP contribution in [0.3, 0.4) is 0 Å². The van der Waals surface area contributed by atoms with Gasteiger partial charge in [-0.25, -0.2) is 0 Å². The van der Waals surface area contributed by atoms with Gasteiger partial charge >= 0.3 is 0 Å². The van der Waals surface area contributed by atoms with Crippen LogP contribution in [-0.4, -0.2) is 12.5 Å². The number of carbonyl (C=O) groups excluding carboxylic acids is 1. The van der Waals surface area contributed by atoms with Crippen LogP contribution in [0.2, 0.25) is 10.0 Å². The van der Waals surface area contributed by atoms with Crippen molar-refractivity contribution < 1.29 is 9.45 Å². The van der Waals surface area contributed by atoms with Gasteiger partial charge in [-0.3, -0.25) is 4.79 Å². The summed E-state index contributed by atoms with van der Waals surface area (Å²) in [7, 11) is 0. The van der Waals surface area contributed by atoms with E-state index >= 15 is 0 Å². The zero-order valence-electron chi connectivity index (χ0n) is 19.4. The molecule has 4 aromatic rings. The Morgan fingerprint density at radius 2 is 1.17 bits per heavy atom. The van der Waals surface area contributed by atoms with Gasteiger partial charge in [0, 0.05) is 16.5 Å². The van der Waals surface area contributed by atoms with E-state index in [0.29, 0.717) is 33.9 Å². The first-order valence-electron chi connectivity index (χ1n) is 11.8. The largest absolute Gasteiger partial charge is 0.668 e. The predicted octanol–water partition coefficient (Wildman–Crippen LogP) is 5.91. The lowest BCUT2D eigenvalue weighted by atomic mass is 9.41. The Bertz CT molecular complexity index is 1210. The first kappa shape index (κ1) is 25.1. The van der Waals surface area contributed by atoms with Crippen LogP contribution in [0.5, 0.6) is 0 Å². The fraction of sp³-hybridized carbons (Fsp3) is 0.138. The highest BCUT2D eigenvalue weighted by atomic mass is 35.5. The Kier molecular flexibility index (Phi) is 8.65. The maximum absolute atomic E-state index is 13.3. The fourth-order valence-corrected chi connectivity index (χ4v) is 4.94. The number of rotatable bonds is 10. The predicted molar refractivity (Wildman–Crippen MR) is 147 cm³/mol. The smallest absolute Gasteiger partial charge is 0.296 e. The van der Waals surface area contributed by atoms with Crippen LogP contribution in [0.1, 0.15) is 24.0 Å². The summed E-state index contributed by atoms with van der Waals surface area (Å²) in [5, 5.41) is 4.56. The molecule has 0 aliphatic carbocycles. The van der Waals surface area contributed by atoms with Crippen LogP contribution in [0.4, 0.5) is 0 Å². The topological polar surface area (TPSA) is 38.3 Å². The van der Waals surface area contributed by atoms with Gasteiger partial charge in [-0.05, 0) is 42.6 Å². The number of carbonyl (C=O) groups is 1. The maximum atomic E-state index is 13.3. The summed E-state index contributed by atoms with van der Waals surface area (Å²) in [6.07, 6.45) is 1.75. The van der Waals surface area contributed by atoms with Crippen molar-refractivity contribution in [3.8, 4) is 0 Å². The molecule has 0 bridgehead atoms. The lowest BCUT2D eigenvalue weighted by Crippen LogP contribution is -2.72. The molecule has 0 spiro atoms. The molecule has 0 amide bonds. The molecule has 0 saturated carbocycles. The minimum absolute atomic E-state index is 0.278. The van der Waals surface area contributed by atoms with Gasteiger partial charge in [0.15, 0.2) is 0 Å². The first-order valence-corrected chi connectivity index (χ1v) is 12.5. The molecule has 3 nitrogen and oxygen atoms in total. The van der Waals surface area contributed by atoms with Crippen molar-refractivity contribution in [3.63, 3.8) is 0 Å². The SMILES string of the molecule is O=C(CCCc1ccccc1)O[B-](NCc1ccccc1)(c1ccccc1Cl)c1ccccc1Cl. The third-order valence-electron chi connectivity index (χ3n) is 6.12.